The van der Waals surface area contributed by atoms with Crippen molar-refractivity contribution in [3.05, 3.63) is 29.3 Å². The molecular formula is C13H19NO3S. The molecule has 0 bridgehead atoms. The Bertz CT molecular complexity index is 539. The average molecular weight is 269 g/mol. The molecular weight excluding hydrogens is 250 g/mol. The quantitative estimate of drug-likeness (QED) is 0.903. The molecule has 1 heterocycles. The highest BCUT2D eigenvalue weighted by atomic mass is 32.2. The van der Waals surface area contributed by atoms with Crippen molar-refractivity contribution in [3.63, 3.8) is 0 Å². The molecule has 1 aromatic rings. The molecule has 100 valence electrons. The topological polar surface area (TPSA) is 57.6 Å². The molecule has 0 unspecified atom stereocenters. The zero-order chi connectivity index (χ0) is 13.3. The van der Waals surface area contributed by atoms with E-state index in [1.165, 1.54) is 4.31 Å². The maximum atomic E-state index is 12.6. The maximum absolute atomic E-state index is 12.6. The van der Waals surface area contributed by atoms with E-state index >= 15 is 0 Å². The van der Waals surface area contributed by atoms with Crippen LogP contribution in [0.4, 0.5) is 0 Å². The monoisotopic (exact) mass is 269 g/mol. The SMILES string of the molecule is Cc1ccc(C)c(S(=O)(=O)N2CCC[C@H]2CO)c1. The number of rotatable bonds is 3. The number of aliphatic hydroxyl groups is 1. The van der Waals surface area contributed by atoms with E-state index in [2.05, 4.69) is 0 Å². The van der Waals surface area contributed by atoms with Crippen LogP contribution < -0.4 is 0 Å². The smallest absolute Gasteiger partial charge is 0.243 e. The number of benzene rings is 1. The van der Waals surface area contributed by atoms with Gasteiger partial charge in [0.1, 0.15) is 0 Å². The molecule has 0 aliphatic carbocycles. The first kappa shape index (κ1) is 13.5. The van der Waals surface area contributed by atoms with Gasteiger partial charge >= 0.3 is 0 Å². The summed E-state index contributed by atoms with van der Waals surface area (Å²) in [6.45, 7) is 4.08. The zero-order valence-corrected chi connectivity index (χ0v) is 11.6. The second-order valence-corrected chi connectivity index (χ2v) is 6.72. The van der Waals surface area contributed by atoms with Crippen LogP contribution in [0.2, 0.25) is 0 Å². The minimum atomic E-state index is -3.48. The Morgan fingerprint density at radius 3 is 2.78 bits per heavy atom. The van der Waals surface area contributed by atoms with Crippen molar-refractivity contribution < 1.29 is 13.5 Å². The van der Waals surface area contributed by atoms with Crippen LogP contribution in [0.3, 0.4) is 0 Å². The van der Waals surface area contributed by atoms with Gasteiger partial charge in [0.25, 0.3) is 0 Å². The van der Waals surface area contributed by atoms with Gasteiger partial charge in [0, 0.05) is 12.6 Å². The van der Waals surface area contributed by atoms with E-state index in [4.69, 9.17) is 0 Å². The van der Waals surface area contributed by atoms with Gasteiger partial charge < -0.3 is 5.11 Å². The predicted molar refractivity (Wildman–Crippen MR) is 69.9 cm³/mol. The van der Waals surface area contributed by atoms with Gasteiger partial charge in [0.2, 0.25) is 10.0 Å². The Morgan fingerprint density at radius 1 is 1.39 bits per heavy atom. The Hall–Kier alpha value is -0.910. The van der Waals surface area contributed by atoms with E-state index in [9.17, 15) is 13.5 Å². The Morgan fingerprint density at radius 2 is 2.11 bits per heavy atom. The van der Waals surface area contributed by atoms with Gasteiger partial charge in [0.05, 0.1) is 11.5 Å². The molecule has 1 atom stereocenters. The third kappa shape index (κ3) is 2.30. The van der Waals surface area contributed by atoms with E-state index in [1.807, 2.05) is 19.1 Å². The van der Waals surface area contributed by atoms with Gasteiger partial charge in [-0.15, -0.1) is 0 Å². The van der Waals surface area contributed by atoms with Gasteiger partial charge in [-0.2, -0.15) is 4.31 Å². The van der Waals surface area contributed by atoms with Crippen LogP contribution in [0.15, 0.2) is 23.1 Å². The zero-order valence-electron chi connectivity index (χ0n) is 10.8. The Kier molecular flexibility index (Phi) is 3.75. The van der Waals surface area contributed by atoms with Gasteiger partial charge in [-0.3, -0.25) is 0 Å². The fourth-order valence-electron chi connectivity index (χ4n) is 2.42. The van der Waals surface area contributed by atoms with Crippen LogP contribution in [-0.4, -0.2) is 37.0 Å². The van der Waals surface area contributed by atoms with Crippen molar-refractivity contribution in [2.45, 2.75) is 37.6 Å². The van der Waals surface area contributed by atoms with E-state index < -0.39 is 10.0 Å². The summed E-state index contributed by atoms with van der Waals surface area (Å²) >= 11 is 0. The summed E-state index contributed by atoms with van der Waals surface area (Å²) in [7, 11) is -3.48. The number of hydrogen-bond acceptors (Lipinski definition) is 3. The van der Waals surface area contributed by atoms with Crippen molar-refractivity contribution in [2.24, 2.45) is 0 Å². The summed E-state index contributed by atoms with van der Waals surface area (Å²) in [4.78, 5) is 0.364. The lowest BCUT2D eigenvalue weighted by Crippen LogP contribution is -2.37. The summed E-state index contributed by atoms with van der Waals surface area (Å²) in [5.74, 6) is 0. The van der Waals surface area contributed by atoms with Crippen molar-refractivity contribution in [1.29, 1.82) is 0 Å². The van der Waals surface area contributed by atoms with Gasteiger partial charge in [-0.25, -0.2) is 8.42 Å². The highest BCUT2D eigenvalue weighted by Gasteiger charge is 2.35. The summed E-state index contributed by atoms with van der Waals surface area (Å²) in [6, 6.07) is 5.17. The van der Waals surface area contributed by atoms with Crippen molar-refractivity contribution in [3.8, 4) is 0 Å². The number of aryl methyl sites for hydroxylation is 2. The fourth-order valence-corrected chi connectivity index (χ4v) is 4.42. The van der Waals surface area contributed by atoms with Gasteiger partial charge in [-0.1, -0.05) is 12.1 Å². The first-order chi connectivity index (χ1) is 8.46. The van der Waals surface area contributed by atoms with Crippen molar-refractivity contribution in [2.75, 3.05) is 13.2 Å². The van der Waals surface area contributed by atoms with E-state index in [0.717, 1.165) is 24.0 Å². The molecule has 0 spiro atoms. The molecule has 5 heteroatoms. The summed E-state index contributed by atoms with van der Waals surface area (Å²) < 4.78 is 26.6. The van der Waals surface area contributed by atoms with Crippen molar-refractivity contribution >= 4 is 10.0 Å². The molecule has 1 N–H and O–H groups in total. The van der Waals surface area contributed by atoms with E-state index in [-0.39, 0.29) is 12.6 Å². The molecule has 18 heavy (non-hydrogen) atoms. The highest BCUT2D eigenvalue weighted by Crippen LogP contribution is 2.28. The minimum Gasteiger partial charge on any atom is -0.395 e. The Labute approximate surface area is 108 Å². The molecule has 1 saturated heterocycles. The summed E-state index contributed by atoms with van der Waals surface area (Å²) in [5.41, 5.74) is 1.68. The summed E-state index contributed by atoms with van der Waals surface area (Å²) in [5, 5.41) is 9.26. The normalized spacial score (nSPS) is 21.4. The minimum absolute atomic E-state index is 0.107. The standard InChI is InChI=1S/C13H19NO3S/c1-10-5-6-11(2)13(8-10)18(16,17)14-7-3-4-12(14)9-15/h5-6,8,12,15H,3-4,7,9H2,1-2H3/t12-/m0/s1. The number of hydrogen-bond donors (Lipinski definition) is 1. The molecule has 4 nitrogen and oxygen atoms in total. The Balaban J connectivity index is 2.45. The van der Waals surface area contributed by atoms with E-state index in [1.54, 1.807) is 13.0 Å². The van der Waals surface area contributed by atoms with Crippen LogP contribution in [0, 0.1) is 13.8 Å². The lowest BCUT2D eigenvalue weighted by molar-refractivity contribution is 0.213. The molecule has 1 fully saturated rings. The molecule has 0 radical (unpaired) electrons. The van der Waals surface area contributed by atoms with Crippen LogP contribution >= 0.6 is 0 Å². The second-order valence-electron chi connectivity index (χ2n) is 4.86. The predicted octanol–water partition coefficient (Wildman–Crippen LogP) is 1.45. The molecule has 2 rings (SSSR count). The fraction of sp³-hybridized carbons (Fsp3) is 0.538. The van der Waals surface area contributed by atoms with Crippen LogP contribution in [0.25, 0.3) is 0 Å². The lowest BCUT2D eigenvalue weighted by Gasteiger charge is -2.23. The lowest BCUT2D eigenvalue weighted by atomic mass is 10.2. The molecule has 0 aromatic heterocycles. The molecule has 1 aliphatic rings. The largest absolute Gasteiger partial charge is 0.395 e. The summed E-state index contributed by atoms with van der Waals surface area (Å²) in [6.07, 6.45) is 1.55. The first-order valence-corrected chi connectivity index (χ1v) is 7.61. The number of nitrogens with zero attached hydrogens (tertiary/aromatic N) is 1. The number of aliphatic hydroxyl groups excluding tert-OH is 1. The van der Waals surface area contributed by atoms with Crippen LogP contribution in [0.1, 0.15) is 24.0 Å². The number of sulfonamides is 1. The van der Waals surface area contributed by atoms with Gasteiger partial charge in [-0.05, 0) is 43.9 Å². The van der Waals surface area contributed by atoms with Gasteiger partial charge in [0.15, 0.2) is 0 Å². The highest BCUT2D eigenvalue weighted by molar-refractivity contribution is 7.89. The average Bonchev–Trinajstić information content (AvgIpc) is 2.81. The maximum Gasteiger partial charge on any atom is 0.243 e. The second kappa shape index (κ2) is 4.99. The molecule has 1 aromatic carbocycles. The molecule has 1 aliphatic heterocycles. The molecule has 0 saturated carbocycles. The third-order valence-electron chi connectivity index (χ3n) is 3.46. The third-order valence-corrected chi connectivity index (χ3v) is 5.56. The molecule has 0 amide bonds. The first-order valence-electron chi connectivity index (χ1n) is 6.17. The van der Waals surface area contributed by atoms with E-state index in [0.29, 0.717) is 11.4 Å². The van der Waals surface area contributed by atoms with Crippen molar-refractivity contribution in [1.82, 2.24) is 4.31 Å². The van der Waals surface area contributed by atoms with Crippen LogP contribution in [-0.2, 0) is 10.0 Å². The van der Waals surface area contributed by atoms with Crippen LogP contribution in [0.5, 0.6) is 0 Å².